The molecule has 4 heterocycles. The van der Waals surface area contributed by atoms with Crippen molar-refractivity contribution in [3.05, 3.63) is 52.3 Å². The molecule has 2 fully saturated rings. The number of aliphatic carboxylic acids is 1. The molecule has 1 aromatic carbocycles. The number of anilines is 2. The first-order valence-electron chi connectivity index (χ1n) is 15.1. The molecule has 2 aliphatic heterocycles. The quantitative estimate of drug-likeness (QED) is 0.293. The topological polar surface area (TPSA) is 139 Å². The van der Waals surface area contributed by atoms with Gasteiger partial charge in [-0.3, -0.25) is 24.7 Å². The van der Waals surface area contributed by atoms with E-state index in [1.807, 2.05) is 11.0 Å². The number of likely N-dealkylation sites (tertiary alicyclic amines) is 1. The van der Waals surface area contributed by atoms with Gasteiger partial charge in [0.2, 0.25) is 0 Å². The van der Waals surface area contributed by atoms with E-state index in [0.717, 1.165) is 31.5 Å². The van der Waals surface area contributed by atoms with Crippen LogP contribution in [0.3, 0.4) is 0 Å². The van der Waals surface area contributed by atoms with Crippen molar-refractivity contribution in [2.45, 2.75) is 51.9 Å². The second-order valence-corrected chi connectivity index (χ2v) is 12.9. The van der Waals surface area contributed by atoms with Gasteiger partial charge in [0.05, 0.1) is 41.7 Å². The van der Waals surface area contributed by atoms with Gasteiger partial charge in [0.1, 0.15) is 11.5 Å². The van der Waals surface area contributed by atoms with Gasteiger partial charge in [0, 0.05) is 85.3 Å². The molecule has 2 saturated heterocycles. The number of carbonyl (C=O) groups excluding carboxylic acids is 1. The van der Waals surface area contributed by atoms with E-state index in [1.165, 1.54) is 29.8 Å². The van der Waals surface area contributed by atoms with Gasteiger partial charge in [-0.1, -0.05) is 25.2 Å². The Bertz CT molecular complexity index is 1600. The average molecular weight is 680 g/mol. The molecule has 1 amide bonds. The van der Waals surface area contributed by atoms with Crippen LogP contribution in [0.25, 0.3) is 11.3 Å². The van der Waals surface area contributed by atoms with Crippen LogP contribution in [0.4, 0.5) is 24.1 Å². The van der Waals surface area contributed by atoms with Crippen LogP contribution in [0, 0.1) is 17.2 Å². The Kier molecular flexibility index (Phi) is 12.4. The molecular weight excluding hydrogens is 644 g/mol. The minimum Gasteiger partial charge on any atom is -0.481 e. The summed E-state index contributed by atoms with van der Waals surface area (Å²) in [5.41, 5.74) is -0.573. The normalized spacial score (nSPS) is 17.4. The fraction of sp³-hybridized carbons (Fsp3) is 0.484. The molecule has 0 saturated carbocycles. The van der Waals surface area contributed by atoms with Gasteiger partial charge in [-0.2, -0.15) is 18.4 Å². The molecule has 1 atom stereocenters. The maximum atomic E-state index is 13.7. The van der Waals surface area contributed by atoms with E-state index in [2.05, 4.69) is 43.9 Å². The van der Waals surface area contributed by atoms with E-state index < -0.39 is 23.6 Å². The van der Waals surface area contributed by atoms with Crippen molar-refractivity contribution in [2.75, 3.05) is 49.5 Å². The number of nitrogens with one attached hydrogen (secondary N) is 1. The van der Waals surface area contributed by atoms with E-state index in [9.17, 15) is 28.0 Å². The number of rotatable bonds is 10. The SMILES string of the molecule is CC(C)[C@@H]1CCCN1Cc1sc(NC(=O)c2cnc(N3CCN(CCC(=O)O)CC3)cn2)nc1-c1cc(C#N)cc(C(F)(F)F)c1.[Na]. The van der Waals surface area contributed by atoms with Gasteiger partial charge in [-0.05, 0) is 43.5 Å². The zero-order valence-electron chi connectivity index (χ0n) is 26.5. The first kappa shape index (κ1) is 36.7. The van der Waals surface area contributed by atoms with Crippen LogP contribution < -0.4 is 10.2 Å². The number of carbonyl (C=O) groups is 2. The number of hydrogen-bond donors (Lipinski definition) is 2. The number of benzene rings is 1. The molecule has 0 spiro atoms. The smallest absolute Gasteiger partial charge is 0.416 e. The third-order valence-electron chi connectivity index (χ3n) is 8.32. The van der Waals surface area contributed by atoms with Crippen LogP contribution in [-0.4, -0.2) is 117 Å². The fourth-order valence-electron chi connectivity index (χ4n) is 5.94. The van der Waals surface area contributed by atoms with Crippen LogP contribution >= 0.6 is 11.3 Å². The molecule has 47 heavy (non-hydrogen) atoms. The number of carboxylic acids is 1. The third-order valence-corrected chi connectivity index (χ3v) is 9.28. The summed E-state index contributed by atoms with van der Waals surface area (Å²) in [6.45, 7) is 8.70. The number of aromatic nitrogens is 3. The van der Waals surface area contributed by atoms with Crippen LogP contribution in [0.15, 0.2) is 30.6 Å². The Morgan fingerprint density at radius 3 is 2.49 bits per heavy atom. The summed E-state index contributed by atoms with van der Waals surface area (Å²) in [4.78, 5) is 44.4. The van der Waals surface area contributed by atoms with Gasteiger partial charge in [0.25, 0.3) is 5.91 Å². The fourth-order valence-corrected chi connectivity index (χ4v) is 6.94. The van der Waals surface area contributed by atoms with Crippen molar-refractivity contribution in [3.8, 4) is 17.3 Å². The first-order valence-corrected chi connectivity index (χ1v) is 15.9. The predicted octanol–water partition coefficient (Wildman–Crippen LogP) is 4.58. The number of hydrogen-bond acceptors (Lipinski definition) is 10. The number of nitrogens with zero attached hydrogens (tertiary/aromatic N) is 7. The minimum absolute atomic E-state index is 0. The maximum Gasteiger partial charge on any atom is 0.416 e. The van der Waals surface area contributed by atoms with E-state index in [1.54, 1.807) is 0 Å². The van der Waals surface area contributed by atoms with Crippen LogP contribution in [-0.2, 0) is 17.5 Å². The van der Waals surface area contributed by atoms with Crippen LogP contribution in [0.5, 0.6) is 0 Å². The van der Waals surface area contributed by atoms with Crippen molar-refractivity contribution in [1.82, 2.24) is 24.8 Å². The Balaban J connectivity index is 0.00000500. The summed E-state index contributed by atoms with van der Waals surface area (Å²) in [6, 6.07) is 5.32. The molecular formula is C31H35F3N8NaO3S. The summed E-state index contributed by atoms with van der Waals surface area (Å²) < 4.78 is 41.2. The summed E-state index contributed by atoms with van der Waals surface area (Å²) in [7, 11) is 0. The Hall–Kier alpha value is -3.13. The average Bonchev–Trinajstić information content (AvgIpc) is 3.67. The molecule has 245 valence electrons. The van der Waals surface area contributed by atoms with Gasteiger partial charge in [-0.15, -0.1) is 0 Å². The standard InChI is InChI=1S/C31H35F3N8O3S.Na/c1-19(2)24-4-3-6-42(24)18-25-28(21-12-20(15-35)13-22(14-21)31(32,33)34)38-30(46-25)39-29(45)23-16-37-26(17-36-23)41-10-8-40(9-11-41)7-5-27(43)44;/h12-14,16-17,19,24H,3-11,18H2,1-2H3,(H,43,44)(H,38,39,45);/t24-;/m0./s1. The minimum atomic E-state index is -4.65. The Morgan fingerprint density at radius 1 is 1.13 bits per heavy atom. The second kappa shape index (κ2) is 15.8. The number of piperazine rings is 1. The number of thiazole rings is 1. The molecule has 1 radical (unpaired) electrons. The van der Waals surface area contributed by atoms with Gasteiger partial charge >= 0.3 is 12.1 Å². The molecule has 5 rings (SSSR count). The summed E-state index contributed by atoms with van der Waals surface area (Å²) >= 11 is 1.19. The van der Waals surface area contributed by atoms with Crippen molar-refractivity contribution < 1.29 is 27.9 Å². The van der Waals surface area contributed by atoms with Crippen molar-refractivity contribution in [2.24, 2.45) is 5.92 Å². The van der Waals surface area contributed by atoms with Crippen molar-refractivity contribution in [1.29, 1.82) is 5.26 Å². The van der Waals surface area contributed by atoms with Crippen LogP contribution in [0.1, 0.15) is 59.6 Å². The molecule has 3 aromatic rings. The Labute approximate surface area is 297 Å². The molecule has 0 bridgehead atoms. The molecule has 16 heteroatoms. The first-order chi connectivity index (χ1) is 21.9. The van der Waals surface area contributed by atoms with Crippen molar-refractivity contribution >= 4 is 63.7 Å². The zero-order valence-corrected chi connectivity index (χ0v) is 29.4. The maximum absolute atomic E-state index is 13.7. The van der Waals surface area contributed by atoms with Gasteiger partial charge < -0.3 is 10.0 Å². The summed E-state index contributed by atoms with van der Waals surface area (Å²) in [5.74, 6) is -0.412. The van der Waals surface area contributed by atoms with Gasteiger partial charge in [0.15, 0.2) is 5.13 Å². The monoisotopic (exact) mass is 679 g/mol. The Morgan fingerprint density at radius 2 is 1.87 bits per heavy atom. The summed E-state index contributed by atoms with van der Waals surface area (Å²) in [5, 5.41) is 21.3. The zero-order chi connectivity index (χ0) is 33.0. The number of alkyl halides is 3. The third kappa shape index (κ3) is 9.27. The van der Waals surface area contributed by atoms with E-state index in [4.69, 9.17) is 5.11 Å². The number of carboxylic acid groups (broad SMARTS) is 1. The second-order valence-electron chi connectivity index (χ2n) is 11.8. The largest absolute Gasteiger partial charge is 0.481 e. The number of amides is 1. The number of nitriles is 1. The van der Waals surface area contributed by atoms with Crippen molar-refractivity contribution in [3.63, 3.8) is 0 Å². The molecule has 11 nitrogen and oxygen atoms in total. The van der Waals surface area contributed by atoms with Crippen LogP contribution in [0.2, 0.25) is 0 Å². The summed E-state index contributed by atoms with van der Waals surface area (Å²) in [6.07, 6.45) is 0.339. The molecule has 2 aliphatic rings. The number of halogens is 3. The predicted molar refractivity (Wildman–Crippen MR) is 172 cm³/mol. The molecule has 2 N–H and O–H groups in total. The van der Waals surface area contributed by atoms with Gasteiger partial charge in [-0.25, -0.2) is 15.0 Å². The molecule has 0 aliphatic carbocycles. The van der Waals surface area contributed by atoms with E-state index in [-0.39, 0.29) is 57.9 Å². The molecule has 2 aromatic heterocycles. The van der Waals surface area contributed by atoms with E-state index in [0.29, 0.717) is 67.6 Å². The van der Waals surface area contributed by atoms with E-state index >= 15 is 0 Å². The molecule has 0 unspecified atom stereocenters.